The highest BCUT2D eigenvalue weighted by Gasteiger charge is 2.12. The van der Waals surface area contributed by atoms with Gasteiger partial charge in [-0.1, -0.05) is 12.1 Å². The van der Waals surface area contributed by atoms with Gasteiger partial charge in [0.05, 0.1) is 11.1 Å². The molecule has 2 rings (SSSR count). The molecule has 7 nitrogen and oxygen atoms in total. The second-order valence-corrected chi connectivity index (χ2v) is 4.53. The van der Waals surface area contributed by atoms with Gasteiger partial charge in [0, 0.05) is 13.1 Å². The van der Waals surface area contributed by atoms with E-state index in [-0.39, 0.29) is 12.5 Å². The van der Waals surface area contributed by atoms with Crippen LogP contribution in [0.4, 0.5) is 0 Å². The minimum atomic E-state index is -0.547. The van der Waals surface area contributed by atoms with Crippen molar-refractivity contribution in [2.45, 2.75) is 26.8 Å². The van der Waals surface area contributed by atoms with Crippen molar-refractivity contribution in [3.05, 3.63) is 23.8 Å². The number of fused-ring (bicyclic) bond motifs is 1. The van der Waals surface area contributed by atoms with Crippen LogP contribution in [0.15, 0.2) is 18.2 Å². The summed E-state index contributed by atoms with van der Waals surface area (Å²) in [4.78, 5) is 23.3. The number of carbonyl (C=O) groups is 2. The number of aryl methyl sites for hydroxylation is 1. The highest BCUT2D eigenvalue weighted by molar-refractivity contribution is 5.94. The third-order valence-electron chi connectivity index (χ3n) is 2.96. The molecule has 0 bridgehead atoms. The summed E-state index contributed by atoms with van der Waals surface area (Å²) >= 11 is 0. The number of amides is 1. The van der Waals surface area contributed by atoms with E-state index in [0.717, 1.165) is 11.9 Å². The minimum Gasteiger partial charge on any atom is -0.452 e. The van der Waals surface area contributed by atoms with Gasteiger partial charge >= 0.3 is 5.97 Å². The lowest BCUT2D eigenvalue weighted by Gasteiger charge is -2.05. The van der Waals surface area contributed by atoms with E-state index in [2.05, 4.69) is 15.6 Å². The maximum absolute atomic E-state index is 11.9. The SMILES string of the molecule is CCCNC(=O)COC(=O)c1ccc2c(c1)nnn2CC. The molecule has 0 aliphatic carbocycles. The van der Waals surface area contributed by atoms with Crippen LogP contribution in [0, 0.1) is 0 Å². The summed E-state index contributed by atoms with van der Waals surface area (Å²) < 4.78 is 6.70. The van der Waals surface area contributed by atoms with Crippen molar-refractivity contribution in [3.63, 3.8) is 0 Å². The first-order chi connectivity index (χ1) is 10.2. The average molecular weight is 290 g/mol. The maximum atomic E-state index is 11.9. The predicted octanol–water partition coefficient (Wildman–Crippen LogP) is 1.13. The van der Waals surface area contributed by atoms with Crippen LogP contribution < -0.4 is 5.32 Å². The average Bonchev–Trinajstić information content (AvgIpc) is 2.92. The number of hydrogen-bond acceptors (Lipinski definition) is 5. The van der Waals surface area contributed by atoms with Crippen LogP contribution in [0.25, 0.3) is 11.0 Å². The van der Waals surface area contributed by atoms with Crippen LogP contribution in [0.1, 0.15) is 30.6 Å². The fraction of sp³-hybridized carbons (Fsp3) is 0.429. The predicted molar refractivity (Wildman–Crippen MR) is 76.8 cm³/mol. The number of aromatic nitrogens is 3. The van der Waals surface area contributed by atoms with Crippen molar-refractivity contribution in [1.82, 2.24) is 20.3 Å². The Morgan fingerprint density at radius 2 is 2.14 bits per heavy atom. The molecule has 0 saturated carbocycles. The van der Waals surface area contributed by atoms with E-state index in [1.54, 1.807) is 22.9 Å². The second kappa shape index (κ2) is 6.83. The largest absolute Gasteiger partial charge is 0.452 e. The van der Waals surface area contributed by atoms with Crippen molar-refractivity contribution in [1.29, 1.82) is 0 Å². The molecule has 0 aliphatic heterocycles. The minimum absolute atomic E-state index is 0.279. The molecule has 0 atom stereocenters. The molecule has 1 aromatic heterocycles. The molecule has 0 radical (unpaired) electrons. The first-order valence-corrected chi connectivity index (χ1v) is 6.92. The highest BCUT2D eigenvalue weighted by Crippen LogP contribution is 2.14. The zero-order valence-corrected chi connectivity index (χ0v) is 12.1. The fourth-order valence-electron chi connectivity index (χ4n) is 1.86. The Morgan fingerprint density at radius 3 is 2.86 bits per heavy atom. The number of esters is 1. The van der Waals surface area contributed by atoms with Crippen LogP contribution >= 0.6 is 0 Å². The van der Waals surface area contributed by atoms with Gasteiger partial charge in [-0.3, -0.25) is 4.79 Å². The van der Waals surface area contributed by atoms with Crippen molar-refractivity contribution in [2.24, 2.45) is 0 Å². The molecule has 0 aliphatic rings. The number of nitrogens with one attached hydrogen (secondary N) is 1. The van der Waals surface area contributed by atoms with E-state index in [1.165, 1.54) is 0 Å². The van der Waals surface area contributed by atoms with Crippen LogP contribution in [-0.2, 0) is 16.1 Å². The molecule has 0 saturated heterocycles. The van der Waals surface area contributed by atoms with Crippen molar-refractivity contribution < 1.29 is 14.3 Å². The first-order valence-electron chi connectivity index (χ1n) is 6.92. The van der Waals surface area contributed by atoms with Gasteiger partial charge < -0.3 is 10.1 Å². The quantitative estimate of drug-likeness (QED) is 0.806. The Bertz CT molecular complexity index is 651. The molecule has 1 amide bonds. The Morgan fingerprint density at radius 1 is 1.33 bits per heavy atom. The van der Waals surface area contributed by atoms with E-state index in [4.69, 9.17) is 4.74 Å². The molecule has 1 aromatic carbocycles. The third kappa shape index (κ3) is 3.56. The van der Waals surface area contributed by atoms with Crippen LogP contribution in [-0.4, -0.2) is 40.0 Å². The van der Waals surface area contributed by atoms with E-state index in [9.17, 15) is 9.59 Å². The second-order valence-electron chi connectivity index (χ2n) is 4.53. The highest BCUT2D eigenvalue weighted by atomic mass is 16.5. The van der Waals surface area contributed by atoms with Gasteiger partial charge in [-0.05, 0) is 31.5 Å². The van der Waals surface area contributed by atoms with E-state index in [0.29, 0.717) is 24.2 Å². The van der Waals surface area contributed by atoms with Gasteiger partial charge in [-0.25, -0.2) is 9.48 Å². The number of benzene rings is 1. The van der Waals surface area contributed by atoms with Crippen LogP contribution in [0.3, 0.4) is 0 Å². The monoisotopic (exact) mass is 290 g/mol. The molecular formula is C14H18N4O3. The topological polar surface area (TPSA) is 86.1 Å². The molecule has 0 unspecified atom stereocenters. The standard InChI is InChI=1S/C14H18N4O3/c1-3-7-15-13(19)9-21-14(20)10-5-6-12-11(8-10)16-17-18(12)4-2/h5-6,8H,3-4,7,9H2,1-2H3,(H,15,19). The molecule has 0 fully saturated rings. The molecule has 7 heteroatoms. The number of rotatable bonds is 6. The van der Waals surface area contributed by atoms with E-state index >= 15 is 0 Å². The van der Waals surface area contributed by atoms with E-state index in [1.807, 2.05) is 13.8 Å². The number of ether oxygens (including phenoxy) is 1. The van der Waals surface area contributed by atoms with Crippen molar-refractivity contribution in [3.8, 4) is 0 Å². The maximum Gasteiger partial charge on any atom is 0.338 e. The summed E-state index contributed by atoms with van der Waals surface area (Å²) in [6, 6.07) is 5.03. The fourth-order valence-corrected chi connectivity index (χ4v) is 1.86. The lowest BCUT2D eigenvalue weighted by atomic mass is 10.2. The van der Waals surface area contributed by atoms with Gasteiger partial charge in [0.25, 0.3) is 5.91 Å². The van der Waals surface area contributed by atoms with Crippen molar-refractivity contribution in [2.75, 3.05) is 13.2 Å². The Hall–Kier alpha value is -2.44. The summed E-state index contributed by atoms with van der Waals surface area (Å²) in [7, 11) is 0. The zero-order chi connectivity index (χ0) is 15.2. The van der Waals surface area contributed by atoms with Gasteiger partial charge in [-0.2, -0.15) is 0 Å². The summed E-state index contributed by atoms with van der Waals surface area (Å²) in [5, 5.41) is 10.6. The van der Waals surface area contributed by atoms with Crippen molar-refractivity contribution >= 4 is 22.9 Å². The molecule has 2 aromatic rings. The molecule has 0 spiro atoms. The summed E-state index contributed by atoms with van der Waals surface area (Å²) in [5.41, 5.74) is 1.84. The summed E-state index contributed by atoms with van der Waals surface area (Å²) in [6.45, 7) is 4.91. The van der Waals surface area contributed by atoms with Crippen LogP contribution in [0.2, 0.25) is 0 Å². The lowest BCUT2D eigenvalue weighted by Crippen LogP contribution is -2.29. The van der Waals surface area contributed by atoms with Gasteiger partial charge in [0.2, 0.25) is 0 Å². The summed E-state index contributed by atoms with van der Waals surface area (Å²) in [5.74, 6) is -0.849. The zero-order valence-electron chi connectivity index (χ0n) is 12.1. The first kappa shape index (κ1) is 15.0. The Kier molecular flexibility index (Phi) is 4.86. The molecule has 21 heavy (non-hydrogen) atoms. The van der Waals surface area contributed by atoms with Gasteiger partial charge in [0.1, 0.15) is 5.52 Å². The molecule has 112 valence electrons. The Balaban J connectivity index is 2.01. The lowest BCUT2D eigenvalue weighted by molar-refractivity contribution is -0.124. The van der Waals surface area contributed by atoms with Crippen LogP contribution in [0.5, 0.6) is 0 Å². The normalized spacial score (nSPS) is 10.6. The number of nitrogens with zero attached hydrogens (tertiary/aromatic N) is 3. The van der Waals surface area contributed by atoms with Gasteiger partial charge in [0.15, 0.2) is 6.61 Å². The molecule has 1 N–H and O–H groups in total. The summed E-state index contributed by atoms with van der Waals surface area (Å²) in [6.07, 6.45) is 0.837. The van der Waals surface area contributed by atoms with E-state index < -0.39 is 5.97 Å². The number of carbonyl (C=O) groups excluding carboxylic acids is 2. The smallest absolute Gasteiger partial charge is 0.338 e. The molecular weight excluding hydrogens is 272 g/mol. The Labute approximate surface area is 122 Å². The number of hydrogen-bond donors (Lipinski definition) is 1. The van der Waals surface area contributed by atoms with Gasteiger partial charge in [-0.15, -0.1) is 5.10 Å². The molecule has 1 heterocycles. The third-order valence-corrected chi connectivity index (χ3v) is 2.96.